The monoisotopic (exact) mass is 531 g/mol. The van der Waals surface area contributed by atoms with E-state index in [1.807, 2.05) is 0 Å². The molecule has 1 fully saturated rings. The van der Waals surface area contributed by atoms with E-state index in [1.165, 1.54) is 16.8 Å². The molecule has 0 amide bonds. The summed E-state index contributed by atoms with van der Waals surface area (Å²) in [5.74, 6) is 1.25. The lowest BCUT2D eigenvalue weighted by atomic mass is 9.75. The Labute approximate surface area is 222 Å². The van der Waals surface area contributed by atoms with E-state index in [9.17, 15) is 13.2 Å². The smallest absolute Gasteiger partial charge is 0.325 e. The Morgan fingerprint density at radius 1 is 1.08 bits per heavy atom. The molecular formula is C28H29N5O4S. The summed E-state index contributed by atoms with van der Waals surface area (Å²) in [6, 6.07) is 14.8. The topological polar surface area (TPSA) is 108 Å². The van der Waals surface area contributed by atoms with Gasteiger partial charge < -0.3 is 4.74 Å². The SMILES string of the molecule is [C-]#[N+]C1=C(C(=O)OC2C(C)CC(C)CC2C)Cn2nc(-c3cccc(NS(=O)(=O)c4ccccc4)c3)nc21. The molecule has 1 aliphatic carbocycles. The molecule has 2 atom stereocenters. The van der Waals surface area contributed by atoms with E-state index < -0.39 is 16.0 Å². The van der Waals surface area contributed by atoms with Crippen molar-refractivity contribution in [3.05, 3.63) is 77.4 Å². The van der Waals surface area contributed by atoms with Crippen molar-refractivity contribution in [2.24, 2.45) is 17.8 Å². The molecular weight excluding hydrogens is 502 g/mol. The number of rotatable bonds is 6. The Hall–Kier alpha value is -3.97. The largest absolute Gasteiger partial charge is 0.459 e. The number of ether oxygens (including phenoxy) is 1. The molecule has 1 aromatic heterocycles. The number of sulfonamides is 1. The number of aromatic nitrogens is 3. The molecule has 38 heavy (non-hydrogen) atoms. The first kappa shape index (κ1) is 25.7. The van der Waals surface area contributed by atoms with Crippen LogP contribution in [0.1, 0.15) is 39.4 Å². The number of esters is 1. The van der Waals surface area contributed by atoms with E-state index in [0.29, 0.717) is 28.8 Å². The Balaban J connectivity index is 1.36. The maximum absolute atomic E-state index is 13.1. The summed E-state index contributed by atoms with van der Waals surface area (Å²) >= 11 is 0. The third-order valence-electron chi connectivity index (χ3n) is 7.18. The van der Waals surface area contributed by atoms with Crippen LogP contribution in [0.5, 0.6) is 0 Å². The highest BCUT2D eigenvalue weighted by Gasteiger charge is 2.37. The molecule has 1 aliphatic heterocycles. The molecule has 2 heterocycles. The Morgan fingerprint density at radius 3 is 2.47 bits per heavy atom. The molecule has 2 unspecified atom stereocenters. The van der Waals surface area contributed by atoms with Gasteiger partial charge in [0.25, 0.3) is 10.0 Å². The molecule has 5 rings (SSSR count). The molecule has 10 heteroatoms. The lowest BCUT2D eigenvalue weighted by Crippen LogP contribution is -2.37. The highest BCUT2D eigenvalue weighted by molar-refractivity contribution is 7.92. The molecule has 1 saturated carbocycles. The molecule has 2 aromatic carbocycles. The summed E-state index contributed by atoms with van der Waals surface area (Å²) in [6.45, 7) is 14.2. The van der Waals surface area contributed by atoms with Crippen molar-refractivity contribution in [3.63, 3.8) is 0 Å². The van der Waals surface area contributed by atoms with Gasteiger partial charge in [-0.1, -0.05) is 51.1 Å². The average molecular weight is 532 g/mol. The van der Waals surface area contributed by atoms with E-state index in [0.717, 1.165) is 12.8 Å². The molecule has 3 aromatic rings. The molecule has 1 N–H and O–H groups in total. The molecule has 9 nitrogen and oxygen atoms in total. The zero-order chi connectivity index (χ0) is 27.0. The third kappa shape index (κ3) is 4.94. The van der Waals surface area contributed by atoms with Crippen LogP contribution in [0.2, 0.25) is 0 Å². The van der Waals surface area contributed by atoms with Gasteiger partial charge in [-0.05, 0) is 54.9 Å². The van der Waals surface area contributed by atoms with Crippen LogP contribution < -0.4 is 4.72 Å². The second kappa shape index (κ2) is 10.1. The van der Waals surface area contributed by atoms with Gasteiger partial charge in [0.2, 0.25) is 5.70 Å². The van der Waals surface area contributed by atoms with Gasteiger partial charge in [-0.2, -0.15) is 5.10 Å². The molecule has 0 radical (unpaired) electrons. The summed E-state index contributed by atoms with van der Waals surface area (Å²) in [4.78, 5) is 21.4. The van der Waals surface area contributed by atoms with Crippen LogP contribution in [0, 0.1) is 24.3 Å². The highest BCUT2D eigenvalue weighted by atomic mass is 32.2. The van der Waals surface area contributed by atoms with Crippen LogP contribution in [0.25, 0.3) is 21.9 Å². The van der Waals surface area contributed by atoms with Crippen LogP contribution >= 0.6 is 0 Å². The van der Waals surface area contributed by atoms with Gasteiger partial charge in [0.15, 0.2) is 11.6 Å². The van der Waals surface area contributed by atoms with Crippen LogP contribution in [-0.2, 0) is 26.1 Å². The van der Waals surface area contributed by atoms with Gasteiger partial charge >= 0.3 is 5.97 Å². The molecule has 0 saturated heterocycles. The first-order valence-corrected chi connectivity index (χ1v) is 14.1. The van der Waals surface area contributed by atoms with E-state index in [-0.39, 0.29) is 40.7 Å². The lowest BCUT2D eigenvalue weighted by molar-refractivity contribution is -0.153. The van der Waals surface area contributed by atoms with Gasteiger partial charge in [0.05, 0.1) is 23.6 Å². The van der Waals surface area contributed by atoms with Crippen molar-refractivity contribution in [1.82, 2.24) is 14.8 Å². The van der Waals surface area contributed by atoms with Gasteiger partial charge in [-0.25, -0.2) is 23.0 Å². The van der Waals surface area contributed by atoms with Crippen LogP contribution in [0.3, 0.4) is 0 Å². The van der Waals surface area contributed by atoms with Gasteiger partial charge in [-0.3, -0.25) is 9.40 Å². The normalized spacial score (nSPS) is 23.0. The number of nitrogens with zero attached hydrogens (tertiary/aromatic N) is 4. The predicted molar refractivity (Wildman–Crippen MR) is 143 cm³/mol. The van der Waals surface area contributed by atoms with Gasteiger partial charge in [0.1, 0.15) is 6.10 Å². The second-order valence-electron chi connectivity index (χ2n) is 10.3. The van der Waals surface area contributed by atoms with Crippen molar-refractivity contribution in [2.45, 2.75) is 51.2 Å². The fourth-order valence-corrected chi connectivity index (χ4v) is 6.62. The van der Waals surface area contributed by atoms with E-state index in [2.05, 4.69) is 40.4 Å². The highest BCUT2D eigenvalue weighted by Crippen LogP contribution is 2.37. The first-order chi connectivity index (χ1) is 18.2. The van der Waals surface area contributed by atoms with Crippen LogP contribution in [-0.4, -0.2) is 35.3 Å². The fourth-order valence-electron chi connectivity index (χ4n) is 5.55. The second-order valence-corrected chi connectivity index (χ2v) is 11.9. The number of benzene rings is 2. The minimum atomic E-state index is -3.76. The molecule has 196 valence electrons. The third-order valence-corrected chi connectivity index (χ3v) is 8.57. The zero-order valence-corrected chi connectivity index (χ0v) is 22.3. The number of carbonyl (C=O) groups excluding carboxylic acids is 1. The zero-order valence-electron chi connectivity index (χ0n) is 21.5. The number of anilines is 1. The Morgan fingerprint density at radius 2 is 1.79 bits per heavy atom. The predicted octanol–water partition coefficient (Wildman–Crippen LogP) is 5.00. The van der Waals surface area contributed by atoms with Crippen molar-refractivity contribution >= 4 is 27.4 Å². The molecule has 0 spiro atoms. The number of carbonyl (C=O) groups is 1. The number of hydrogen-bond acceptors (Lipinski definition) is 6. The standard InChI is InChI=1S/C28H29N5O4S/c1-17-13-18(2)25(19(3)14-17)37-28(34)23-16-33-27(24(23)29-4)30-26(31-33)20-9-8-10-21(15-20)32-38(35,36)22-11-6-5-7-12-22/h5-12,15,17-19,25,32H,13-14,16H2,1-3H3. The first-order valence-electron chi connectivity index (χ1n) is 12.6. The van der Waals surface area contributed by atoms with Crippen molar-refractivity contribution in [2.75, 3.05) is 4.72 Å². The maximum atomic E-state index is 13.1. The minimum absolute atomic E-state index is 0.102. The summed E-state index contributed by atoms with van der Waals surface area (Å²) in [5.41, 5.74) is 1.34. The lowest BCUT2D eigenvalue weighted by Gasteiger charge is -2.37. The quantitative estimate of drug-likeness (QED) is 0.354. The van der Waals surface area contributed by atoms with E-state index >= 15 is 0 Å². The van der Waals surface area contributed by atoms with E-state index in [4.69, 9.17) is 11.3 Å². The summed E-state index contributed by atoms with van der Waals surface area (Å²) < 4.78 is 35.4. The molecule has 2 aliphatic rings. The van der Waals surface area contributed by atoms with Gasteiger partial charge in [0, 0.05) is 11.3 Å². The number of hydrogen-bond donors (Lipinski definition) is 1. The summed E-state index contributed by atoms with van der Waals surface area (Å²) in [7, 11) is -3.76. The molecule has 0 bridgehead atoms. The van der Waals surface area contributed by atoms with Crippen molar-refractivity contribution in [1.29, 1.82) is 0 Å². The number of nitrogens with one attached hydrogen (secondary N) is 1. The van der Waals surface area contributed by atoms with Crippen LogP contribution in [0.15, 0.2) is 65.1 Å². The van der Waals surface area contributed by atoms with E-state index in [1.54, 1.807) is 42.5 Å². The van der Waals surface area contributed by atoms with Crippen LogP contribution in [0.4, 0.5) is 5.69 Å². The summed E-state index contributed by atoms with van der Waals surface area (Å²) in [5, 5.41) is 4.51. The van der Waals surface area contributed by atoms with Gasteiger partial charge in [-0.15, -0.1) is 0 Å². The fraction of sp³-hybridized carbons (Fsp3) is 0.357. The average Bonchev–Trinajstić information content (AvgIpc) is 3.45. The Bertz CT molecular complexity index is 1540. The maximum Gasteiger partial charge on any atom is 0.325 e. The Kier molecular flexibility index (Phi) is 6.80. The number of fused-ring (bicyclic) bond motifs is 1. The minimum Gasteiger partial charge on any atom is -0.459 e. The van der Waals surface area contributed by atoms with Crippen molar-refractivity contribution in [3.8, 4) is 11.4 Å². The summed E-state index contributed by atoms with van der Waals surface area (Å²) in [6.07, 6.45) is 1.82. The van der Waals surface area contributed by atoms with Crippen molar-refractivity contribution < 1.29 is 17.9 Å².